The van der Waals surface area contributed by atoms with Crippen molar-refractivity contribution < 1.29 is 9.53 Å². The maximum absolute atomic E-state index is 12.2. The number of benzene rings is 1. The van der Waals surface area contributed by atoms with Crippen molar-refractivity contribution in [3.63, 3.8) is 0 Å². The van der Waals surface area contributed by atoms with Crippen LogP contribution in [0.4, 0.5) is 5.82 Å². The van der Waals surface area contributed by atoms with Gasteiger partial charge in [0.2, 0.25) is 5.91 Å². The summed E-state index contributed by atoms with van der Waals surface area (Å²) < 4.78 is 5.15. The molecule has 3 aromatic rings. The molecule has 2 heterocycles. The molecule has 4 rings (SSSR count). The third kappa shape index (κ3) is 4.64. The van der Waals surface area contributed by atoms with Crippen LogP contribution in [0.5, 0.6) is 5.75 Å². The number of nitrogens with zero attached hydrogens (tertiary/aromatic N) is 2. The van der Waals surface area contributed by atoms with E-state index < -0.39 is 0 Å². The third-order valence-electron chi connectivity index (χ3n) is 5.05. The second-order valence-corrected chi connectivity index (χ2v) is 9.05. The van der Waals surface area contributed by atoms with E-state index in [1.165, 1.54) is 35.0 Å². The molecule has 0 aliphatic heterocycles. The molecule has 0 saturated heterocycles. The molecule has 29 heavy (non-hydrogen) atoms. The number of anilines is 1. The van der Waals surface area contributed by atoms with E-state index in [-0.39, 0.29) is 11.7 Å². The molecule has 152 valence electrons. The van der Waals surface area contributed by atoms with Crippen molar-refractivity contribution in [3.8, 4) is 5.75 Å². The van der Waals surface area contributed by atoms with Crippen LogP contribution in [0.15, 0.2) is 29.4 Å². The second-order valence-electron chi connectivity index (χ2n) is 7.02. The van der Waals surface area contributed by atoms with Gasteiger partial charge in [0.15, 0.2) is 5.16 Å². The zero-order valence-electron chi connectivity index (χ0n) is 16.4. The van der Waals surface area contributed by atoms with Gasteiger partial charge < -0.3 is 15.8 Å². The predicted molar refractivity (Wildman–Crippen MR) is 119 cm³/mol. The molecule has 0 unspecified atom stereocenters. The maximum atomic E-state index is 12.2. The van der Waals surface area contributed by atoms with Gasteiger partial charge in [0, 0.05) is 11.4 Å². The van der Waals surface area contributed by atoms with Crippen LogP contribution >= 0.6 is 23.1 Å². The van der Waals surface area contributed by atoms with Crippen LogP contribution < -0.4 is 15.8 Å². The molecule has 1 aliphatic carbocycles. The SMILES string of the molecule is COc1ccc(CCNC(=O)CSc2nc(N)c3c4c(sc3n2)CCCC4)cc1. The molecule has 0 saturated carbocycles. The Kier molecular flexibility index (Phi) is 6.20. The third-order valence-corrected chi connectivity index (χ3v) is 7.08. The first kappa shape index (κ1) is 20.0. The van der Waals surface area contributed by atoms with Crippen LogP contribution in [0.2, 0.25) is 0 Å². The summed E-state index contributed by atoms with van der Waals surface area (Å²) in [6.07, 6.45) is 5.37. The molecule has 0 atom stereocenters. The highest BCUT2D eigenvalue weighted by Crippen LogP contribution is 2.38. The normalized spacial score (nSPS) is 13.3. The van der Waals surface area contributed by atoms with Crippen molar-refractivity contribution in [1.82, 2.24) is 15.3 Å². The molecule has 1 aliphatic rings. The quantitative estimate of drug-likeness (QED) is 0.441. The molecule has 0 spiro atoms. The van der Waals surface area contributed by atoms with E-state index in [0.29, 0.717) is 17.5 Å². The largest absolute Gasteiger partial charge is 0.497 e. The zero-order valence-corrected chi connectivity index (χ0v) is 18.0. The molecule has 6 nitrogen and oxygen atoms in total. The average molecular weight is 429 g/mol. The van der Waals surface area contributed by atoms with Gasteiger partial charge in [-0.15, -0.1) is 11.3 Å². The summed E-state index contributed by atoms with van der Waals surface area (Å²) in [5.41, 5.74) is 8.72. The number of carbonyl (C=O) groups excluding carboxylic acids is 1. The van der Waals surface area contributed by atoms with Crippen molar-refractivity contribution in [1.29, 1.82) is 0 Å². The van der Waals surface area contributed by atoms with Gasteiger partial charge in [0.1, 0.15) is 16.4 Å². The Balaban J connectivity index is 1.31. The Hall–Kier alpha value is -2.32. The van der Waals surface area contributed by atoms with E-state index in [1.807, 2.05) is 24.3 Å². The summed E-state index contributed by atoms with van der Waals surface area (Å²) in [5, 5.41) is 4.54. The van der Waals surface area contributed by atoms with Gasteiger partial charge in [-0.25, -0.2) is 9.97 Å². The first-order chi connectivity index (χ1) is 14.1. The number of nitrogens with one attached hydrogen (secondary N) is 1. The molecule has 1 aromatic carbocycles. The van der Waals surface area contributed by atoms with Crippen LogP contribution in [0.1, 0.15) is 28.8 Å². The number of hydrogen-bond acceptors (Lipinski definition) is 7. The minimum atomic E-state index is -0.0312. The number of methoxy groups -OCH3 is 1. The second kappa shape index (κ2) is 9.00. The molecular weight excluding hydrogens is 404 g/mol. The Morgan fingerprint density at radius 1 is 1.24 bits per heavy atom. The zero-order chi connectivity index (χ0) is 20.2. The molecule has 0 bridgehead atoms. The summed E-state index contributed by atoms with van der Waals surface area (Å²) in [4.78, 5) is 23.6. The summed E-state index contributed by atoms with van der Waals surface area (Å²) in [6.45, 7) is 0.589. The Bertz CT molecular complexity index is 1020. The van der Waals surface area contributed by atoms with E-state index in [9.17, 15) is 4.79 Å². The van der Waals surface area contributed by atoms with Crippen LogP contribution in [-0.2, 0) is 24.1 Å². The number of hydrogen-bond donors (Lipinski definition) is 2. The van der Waals surface area contributed by atoms with Crippen molar-refractivity contribution in [3.05, 3.63) is 40.3 Å². The van der Waals surface area contributed by atoms with Gasteiger partial charge in [0.05, 0.1) is 18.2 Å². The minimum absolute atomic E-state index is 0.0312. The fourth-order valence-electron chi connectivity index (χ4n) is 3.55. The standard InChI is InChI=1S/C21H24N4O2S2/c1-27-14-8-6-13(7-9-14)10-11-23-17(26)12-28-21-24-19(22)18-15-4-2-3-5-16(15)29-20(18)25-21/h6-9H,2-5,10-12H2,1H3,(H,23,26)(H2,22,24,25). The lowest BCUT2D eigenvalue weighted by molar-refractivity contribution is -0.118. The molecule has 0 fully saturated rings. The lowest BCUT2D eigenvalue weighted by atomic mass is 9.97. The highest BCUT2D eigenvalue weighted by Gasteiger charge is 2.20. The average Bonchev–Trinajstić information content (AvgIpc) is 3.11. The summed E-state index contributed by atoms with van der Waals surface area (Å²) >= 11 is 3.05. The van der Waals surface area contributed by atoms with E-state index in [0.717, 1.165) is 40.8 Å². The van der Waals surface area contributed by atoms with Gasteiger partial charge in [-0.05, 0) is 55.4 Å². The maximum Gasteiger partial charge on any atom is 0.230 e. The molecule has 3 N–H and O–H groups in total. The van der Waals surface area contributed by atoms with Crippen LogP contribution in [0.25, 0.3) is 10.2 Å². The number of aromatic nitrogens is 2. The number of nitrogen functional groups attached to an aromatic ring is 1. The topological polar surface area (TPSA) is 90.1 Å². The smallest absolute Gasteiger partial charge is 0.230 e. The molecule has 8 heteroatoms. The van der Waals surface area contributed by atoms with Gasteiger partial charge in [-0.2, -0.15) is 0 Å². The van der Waals surface area contributed by atoms with Crippen molar-refractivity contribution in [2.75, 3.05) is 25.1 Å². The van der Waals surface area contributed by atoms with E-state index in [2.05, 4.69) is 15.3 Å². The number of nitrogens with two attached hydrogens (primary N) is 1. The Morgan fingerprint density at radius 2 is 2.03 bits per heavy atom. The molecular formula is C21H24N4O2S2. The number of amides is 1. The first-order valence-corrected chi connectivity index (χ1v) is 11.5. The monoisotopic (exact) mass is 428 g/mol. The summed E-state index contributed by atoms with van der Waals surface area (Å²) in [5.74, 6) is 1.61. The minimum Gasteiger partial charge on any atom is -0.497 e. The number of carbonyl (C=O) groups is 1. The Labute approximate surface area is 178 Å². The molecule has 1 amide bonds. The van der Waals surface area contributed by atoms with Gasteiger partial charge in [-0.3, -0.25) is 4.79 Å². The van der Waals surface area contributed by atoms with E-state index in [4.69, 9.17) is 10.5 Å². The van der Waals surface area contributed by atoms with Gasteiger partial charge in [0.25, 0.3) is 0 Å². The van der Waals surface area contributed by atoms with Gasteiger partial charge >= 0.3 is 0 Å². The lowest BCUT2D eigenvalue weighted by Gasteiger charge is -2.10. The van der Waals surface area contributed by atoms with E-state index >= 15 is 0 Å². The van der Waals surface area contributed by atoms with Crippen molar-refractivity contribution in [2.45, 2.75) is 37.3 Å². The number of fused-ring (bicyclic) bond motifs is 3. The van der Waals surface area contributed by atoms with Crippen LogP contribution in [-0.4, -0.2) is 35.3 Å². The van der Waals surface area contributed by atoms with Crippen LogP contribution in [0.3, 0.4) is 0 Å². The lowest BCUT2D eigenvalue weighted by Crippen LogP contribution is -2.27. The number of ether oxygens (including phenoxy) is 1. The number of aryl methyl sites for hydroxylation is 2. The van der Waals surface area contributed by atoms with E-state index in [1.54, 1.807) is 18.4 Å². The predicted octanol–water partition coefficient (Wildman–Crippen LogP) is 3.61. The molecule has 2 aromatic heterocycles. The first-order valence-electron chi connectivity index (χ1n) is 9.74. The number of rotatable bonds is 7. The number of thioether (sulfide) groups is 1. The number of thiophene rings is 1. The van der Waals surface area contributed by atoms with Crippen molar-refractivity contribution >= 4 is 45.0 Å². The van der Waals surface area contributed by atoms with Crippen LogP contribution in [0, 0.1) is 0 Å². The summed E-state index contributed by atoms with van der Waals surface area (Å²) in [7, 11) is 1.65. The molecule has 0 radical (unpaired) electrons. The Morgan fingerprint density at radius 3 is 2.83 bits per heavy atom. The summed E-state index contributed by atoms with van der Waals surface area (Å²) in [6, 6.07) is 7.86. The fourth-order valence-corrected chi connectivity index (χ4v) is 5.56. The van der Waals surface area contributed by atoms with Gasteiger partial charge in [-0.1, -0.05) is 23.9 Å². The highest BCUT2D eigenvalue weighted by molar-refractivity contribution is 7.99. The highest BCUT2D eigenvalue weighted by atomic mass is 32.2. The fraction of sp³-hybridized carbons (Fsp3) is 0.381. The van der Waals surface area contributed by atoms with Crippen molar-refractivity contribution in [2.24, 2.45) is 0 Å².